The van der Waals surface area contributed by atoms with Crippen molar-refractivity contribution in [3.8, 4) is 5.75 Å². The highest BCUT2D eigenvalue weighted by atomic mass is 32.2. The zero-order chi connectivity index (χ0) is 18.3. The second-order valence-corrected chi connectivity index (χ2v) is 8.70. The number of benzene rings is 2. The third-order valence-electron chi connectivity index (χ3n) is 5.14. The van der Waals surface area contributed by atoms with Crippen molar-refractivity contribution in [3.05, 3.63) is 59.8 Å². The van der Waals surface area contributed by atoms with E-state index in [4.69, 9.17) is 4.74 Å². The largest absolute Gasteiger partial charge is 0.497 e. The van der Waals surface area contributed by atoms with E-state index in [2.05, 4.69) is 17.1 Å². The van der Waals surface area contributed by atoms with Crippen LogP contribution >= 0.6 is 0 Å². The van der Waals surface area contributed by atoms with Crippen LogP contribution in [0.2, 0.25) is 0 Å². The molecule has 2 heterocycles. The first-order chi connectivity index (χ1) is 12.5. The minimum Gasteiger partial charge on any atom is -0.497 e. The summed E-state index contributed by atoms with van der Waals surface area (Å²) in [6, 6.07) is 15.4. The van der Waals surface area contributed by atoms with Gasteiger partial charge in [0.1, 0.15) is 5.75 Å². The number of fused-ring (bicyclic) bond motifs is 1. The number of methoxy groups -OCH3 is 1. The van der Waals surface area contributed by atoms with Gasteiger partial charge in [0.2, 0.25) is 10.0 Å². The fraction of sp³-hybridized carbons (Fsp3) is 0.300. The maximum atomic E-state index is 13.1. The number of para-hydroxylation sites is 1. The molecule has 1 aliphatic rings. The highest BCUT2D eigenvalue weighted by molar-refractivity contribution is 7.89. The van der Waals surface area contributed by atoms with Gasteiger partial charge in [-0.3, -0.25) is 0 Å². The number of ether oxygens (including phenoxy) is 1. The van der Waals surface area contributed by atoms with Gasteiger partial charge in [0.05, 0.1) is 12.0 Å². The van der Waals surface area contributed by atoms with Crippen LogP contribution in [-0.4, -0.2) is 37.9 Å². The summed E-state index contributed by atoms with van der Waals surface area (Å²) in [5.74, 6) is 0.856. The van der Waals surface area contributed by atoms with Crippen molar-refractivity contribution in [2.24, 2.45) is 0 Å². The lowest BCUT2D eigenvalue weighted by Crippen LogP contribution is -2.29. The van der Waals surface area contributed by atoms with E-state index in [1.165, 1.54) is 0 Å². The fourth-order valence-corrected chi connectivity index (χ4v) is 5.40. The van der Waals surface area contributed by atoms with Gasteiger partial charge in [-0.2, -0.15) is 4.31 Å². The molecule has 6 heteroatoms. The first-order valence-corrected chi connectivity index (χ1v) is 10.2. The van der Waals surface area contributed by atoms with Gasteiger partial charge in [0, 0.05) is 30.2 Å². The summed E-state index contributed by atoms with van der Waals surface area (Å²) in [6.45, 7) is 2.84. The summed E-state index contributed by atoms with van der Waals surface area (Å²) in [6.07, 6.45) is 0.821. The standard InChI is InChI=1S/C20H22N2O3S/c1-14-11-17(25-2)7-8-20(14)26(23,24)22-10-9-16(13-22)19-12-15-5-3-4-6-18(15)21-19/h3-8,11-12,16,21H,9-10,13H2,1-2H3. The lowest BCUT2D eigenvalue weighted by molar-refractivity contribution is 0.414. The number of aromatic amines is 1. The van der Waals surface area contributed by atoms with Crippen molar-refractivity contribution in [2.75, 3.05) is 20.2 Å². The quantitative estimate of drug-likeness (QED) is 0.762. The molecule has 136 valence electrons. The van der Waals surface area contributed by atoms with Crippen molar-refractivity contribution >= 4 is 20.9 Å². The molecule has 1 aromatic heterocycles. The highest BCUT2D eigenvalue weighted by Gasteiger charge is 2.34. The number of aryl methyl sites for hydroxylation is 1. The van der Waals surface area contributed by atoms with E-state index in [-0.39, 0.29) is 5.92 Å². The summed E-state index contributed by atoms with van der Waals surface area (Å²) < 4.78 is 32.9. The van der Waals surface area contributed by atoms with Crippen LogP contribution in [0.4, 0.5) is 0 Å². The summed E-state index contributed by atoms with van der Waals surface area (Å²) in [5, 5.41) is 1.16. The number of sulfonamides is 1. The number of rotatable bonds is 4. The molecule has 1 N–H and O–H groups in total. The Hall–Kier alpha value is -2.31. The Morgan fingerprint density at radius 2 is 1.96 bits per heavy atom. The smallest absolute Gasteiger partial charge is 0.243 e. The molecule has 1 atom stereocenters. The minimum atomic E-state index is -3.50. The zero-order valence-corrected chi connectivity index (χ0v) is 15.7. The fourth-order valence-electron chi connectivity index (χ4n) is 3.69. The van der Waals surface area contributed by atoms with Crippen LogP contribution in [0.3, 0.4) is 0 Å². The first-order valence-electron chi connectivity index (χ1n) is 8.71. The lowest BCUT2D eigenvalue weighted by atomic mass is 10.1. The van der Waals surface area contributed by atoms with Gasteiger partial charge in [-0.15, -0.1) is 0 Å². The van der Waals surface area contributed by atoms with Crippen LogP contribution in [0.15, 0.2) is 53.4 Å². The number of hydrogen-bond donors (Lipinski definition) is 1. The van der Waals surface area contributed by atoms with Gasteiger partial charge in [0.25, 0.3) is 0 Å². The summed E-state index contributed by atoms with van der Waals surface area (Å²) in [7, 11) is -1.92. The Morgan fingerprint density at radius 3 is 2.69 bits per heavy atom. The van der Waals surface area contributed by atoms with E-state index in [1.54, 1.807) is 36.5 Å². The van der Waals surface area contributed by atoms with E-state index >= 15 is 0 Å². The number of nitrogens with one attached hydrogen (secondary N) is 1. The van der Waals surface area contributed by atoms with E-state index in [0.29, 0.717) is 29.3 Å². The van der Waals surface area contributed by atoms with Crippen LogP contribution in [0, 0.1) is 6.92 Å². The third kappa shape index (κ3) is 2.89. The summed E-state index contributed by atoms with van der Waals surface area (Å²) >= 11 is 0. The van der Waals surface area contributed by atoms with Crippen molar-refractivity contribution in [1.82, 2.24) is 9.29 Å². The predicted octanol–water partition coefficient (Wildman–Crippen LogP) is 3.66. The molecule has 5 nitrogen and oxygen atoms in total. The van der Waals surface area contributed by atoms with E-state index < -0.39 is 10.0 Å². The van der Waals surface area contributed by atoms with E-state index in [9.17, 15) is 8.42 Å². The second kappa shape index (κ2) is 6.45. The van der Waals surface area contributed by atoms with Crippen LogP contribution in [0.25, 0.3) is 10.9 Å². The molecule has 4 rings (SSSR count). The van der Waals surface area contributed by atoms with Gasteiger partial charge in [-0.1, -0.05) is 18.2 Å². The average Bonchev–Trinajstić information content (AvgIpc) is 3.28. The van der Waals surface area contributed by atoms with Crippen LogP contribution in [0.5, 0.6) is 5.75 Å². The molecule has 2 aromatic carbocycles. The number of nitrogens with zero attached hydrogens (tertiary/aromatic N) is 1. The van der Waals surface area contributed by atoms with Gasteiger partial charge >= 0.3 is 0 Å². The van der Waals surface area contributed by atoms with Gasteiger partial charge in [-0.05, 0) is 54.6 Å². The summed E-state index contributed by atoms with van der Waals surface area (Å²) in [5.41, 5.74) is 2.91. The minimum absolute atomic E-state index is 0.190. The average molecular weight is 370 g/mol. The number of aromatic nitrogens is 1. The van der Waals surface area contributed by atoms with Gasteiger partial charge in [0.15, 0.2) is 0 Å². The normalized spacial score (nSPS) is 18.5. The van der Waals surface area contributed by atoms with Crippen molar-refractivity contribution in [2.45, 2.75) is 24.2 Å². The Balaban J connectivity index is 1.59. The molecule has 0 radical (unpaired) electrons. The van der Waals surface area contributed by atoms with Crippen molar-refractivity contribution in [1.29, 1.82) is 0 Å². The first kappa shape index (κ1) is 17.1. The molecular formula is C20H22N2O3S. The zero-order valence-electron chi connectivity index (χ0n) is 14.9. The second-order valence-electron chi connectivity index (χ2n) is 6.79. The molecule has 0 bridgehead atoms. The van der Waals surface area contributed by atoms with Gasteiger partial charge < -0.3 is 9.72 Å². The van der Waals surface area contributed by atoms with E-state index in [1.807, 2.05) is 18.2 Å². The molecular weight excluding hydrogens is 348 g/mol. The maximum absolute atomic E-state index is 13.1. The predicted molar refractivity (Wildman–Crippen MR) is 102 cm³/mol. The number of H-pyrrole nitrogens is 1. The maximum Gasteiger partial charge on any atom is 0.243 e. The molecule has 3 aromatic rings. The van der Waals surface area contributed by atoms with Crippen LogP contribution in [-0.2, 0) is 10.0 Å². The van der Waals surface area contributed by atoms with Crippen molar-refractivity contribution in [3.63, 3.8) is 0 Å². The van der Waals surface area contributed by atoms with Crippen LogP contribution < -0.4 is 4.74 Å². The lowest BCUT2D eigenvalue weighted by Gasteiger charge is -2.18. The molecule has 26 heavy (non-hydrogen) atoms. The van der Waals surface area contributed by atoms with E-state index in [0.717, 1.165) is 23.0 Å². The molecule has 0 spiro atoms. The number of hydrogen-bond acceptors (Lipinski definition) is 3. The molecule has 0 aliphatic carbocycles. The molecule has 1 unspecified atom stereocenters. The molecule has 0 saturated carbocycles. The molecule has 1 aliphatic heterocycles. The molecule has 1 saturated heterocycles. The third-order valence-corrected chi connectivity index (χ3v) is 7.17. The Bertz CT molecular complexity index is 1020. The summed E-state index contributed by atoms with van der Waals surface area (Å²) in [4.78, 5) is 3.79. The Labute approximate surface area is 153 Å². The SMILES string of the molecule is COc1ccc(S(=O)(=O)N2CCC(c3cc4ccccc4[nH]3)C2)c(C)c1. The molecule has 0 amide bonds. The van der Waals surface area contributed by atoms with Crippen LogP contribution in [0.1, 0.15) is 23.6 Å². The van der Waals surface area contributed by atoms with Crippen molar-refractivity contribution < 1.29 is 13.2 Å². The molecule has 1 fully saturated rings. The monoisotopic (exact) mass is 370 g/mol. The topological polar surface area (TPSA) is 62.4 Å². The Morgan fingerprint density at radius 1 is 1.15 bits per heavy atom. The Kier molecular flexibility index (Phi) is 4.25. The van der Waals surface area contributed by atoms with Gasteiger partial charge in [-0.25, -0.2) is 8.42 Å². The highest BCUT2D eigenvalue weighted by Crippen LogP contribution is 2.33.